The van der Waals surface area contributed by atoms with E-state index in [1.54, 1.807) is 0 Å². The van der Waals surface area contributed by atoms with Crippen LogP contribution in [0.5, 0.6) is 0 Å². The van der Waals surface area contributed by atoms with Crippen LogP contribution in [0.3, 0.4) is 0 Å². The van der Waals surface area contributed by atoms with Gasteiger partial charge in [-0.25, -0.2) is 0 Å². The average Bonchev–Trinajstić information content (AvgIpc) is 2.64. The van der Waals surface area contributed by atoms with E-state index in [9.17, 15) is 0 Å². The first-order chi connectivity index (χ1) is 12.2. The summed E-state index contributed by atoms with van der Waals surface area (Å²) in [5.74, 6) is 0.00938. The Morgan fingerprint density at radius 2 is 1.04 bits per heavy atom. The van der Waals surface area contributed by atoms with Gasteiger partial charge in [0.05, 0.1) is 9.52 Å². The standard InChI is InChI=1S/C18H42O5Si2/c1-6-11-19-18(20-12-7-2)24-16-17-25(21-13-8-3,22-14-9-4)23-15-10-5/h18H,6-17,24H2,1-5H3. The Labute approximate surface area is 159 Å². The third-order valence-corrected chi connectivity index (χ3v) is 8.83. The lowest BCUT2D eigenvalue weighted by Crippen LogP contribution is -2.47. The van der Waals surface area contributed by atoms with Crippen LogP contribution >= 0.6 is 0 Å². The van der Waals surface area contributed by atoms with Crippen molar-refractivity contribution in [3.63, 3.8) is 0 Å². The van der Waals surface area contributed by atoms with Gasteiger partial charge in [-0.2, -0.15) is 0 Å². The van der Waals surface area contributed by atoms with E-state index in [0.717, 1.165) is 57.4 Å². The van der Waals surface area contributed by atoms with E-state index >= 15 is 0 Å². The lowest BCUT2D eigenvalue weighted by atomic mass is 10.5. The zero-order chi connectivity index (χ0) is 18.8. The molecular formula is C18H42O5Si2. The summed E-state index contributed by atoms with van der Waals surface area (Å²) >= 11 is 0. The van der Waals surface area contributed by atoms with Crippen molar-refractivity contribution in [2.75, 3.05) is 33.0 Å². The molecule has 0 amide bonds. The smallest absolute Gasteiger partial charge is 0.373 e. The summed E-state index contributed by atoms with van der Waals surface area (Å²) in [6, 6.07) is 1.96. The summed E-state index contributed by atoms with van der Waals surface area (Å²) in [6.45, 7) is 14.3. The molecule has 0 bridgehead atoms. The monoisotopic (exact) mass is 394 g/mol. The van der Waals surface area contributed by atoms with Gasteiger partial charge in [0.1, 0.15) is 5.91 Å². The van der Waals surface area contributed by atoms with Crippen LogP contribution in [0.1, 0.15) is 66.7 Å². The Morgan fingerprint density at radius 3 is 1.40 bits per heavy atom. The molecule has 0 heterocycles. The lowest BCUT2D eigenvalue weighted by Gasteiger charge is -2.30. The highest BCUT2D eigenvalue weighted by Crippen LogP contribution is 2.20. The predicted molar refractivity (Wildman–Crippen MR) is 109 cm³/mol. The maximum Gasteiger partial charge on any atom is 0.500 e. The molecule has 0 unspecified atom stereocenters. The second kappa shape index (κ2) is 17.6. The van der Waals surface area contributed by atoms with Gasteiger partial charge in [0.2, 0.25) is 0 Å². The Kier molecular flexibility index (Phi) is 17.8. The van der Waals surface area contributed by atoms with Crippen LogP contribution in [-0.4, -0.2) is 57.3 Å². The van der Waals surface area contributed by atoms with Crippen LogP contribution in [0.4, 0.5) is 0 Å². The van der Waals surface area contributed by atoms with Crippen molar-refractivity contribution in [2.45, 2.75) is 84.7 Å². The molecule has 0 aromatic rings. The minimum Gasteiger partial charge on any atom is -0.373 e. The maximum absolute atomic E-state index is 6.16. The fourth-order valence-electron chi connectivity index (χ4n) is 2.31. The van der Waals surface area contributed by atoms with E-state index in [2.05, 4.69) is 34.6 Å². The van der Waals surface area contributed by atoms with Gasteiger partial charge in [-0.3, -0.25) is 0 Å². The molecule has 0 fully saturated rings. The highest BCUT2D eigenvalue weighted by Gasteiger charge is 2.40. The van der Waals surface area contributed by atoms with Gasteiger partial charge >= 0.3 is 8.80 Å². The molecule has 0 saturated heterocycles. The van der Waals surface area contributed by atoms with E-state index in [1.165, 1.54) is 0 Å². The Morgan fingerprint density at radius 1 is 0.640 bits per heavy atom. The maximum atomic E-state index is 6.16. The Balaban J connectivity index is 4.64. The fraction of sp³-hybridized carbons (Fsp3) is 1.00. The molecule has 0 spiro atoms. The van der Waals surface area contributed by atoms with Crippen LogP contribution in [-0.2, 0) is 22.8 Å². The van der Waals surface area contributed by atoms with Gasteiger partial charge in [-0.05, 0) is 32.1 Å². The zero-order valence-corrected chi connectivity index (χ0v) is 19.7. The minimum absolute atomic E-state index is 0.00938. The van der Waals surface area contributed by atoms with Crippen molar-refractivity contribution >= 4 is 18.3 Å². The number of ether oxygens (including phenoxy) is 2. The summed E-state index contributed by atoms with van der Waals surface area (Å²) in [5, 5.41) is 0. The van der Waals surface area contributed by atoms with E-state index in [1.807, 2.05) is 0 Å². The average molecular weight is 395 g/mol. The molecule has 0 aliphatic rings. The molecule has 0 rings (SSSR count). The molecule has 0 saturated carbocycles. The summed E-state index contributed by atoms with van der Waals surface area (Å²) in [7, 11) is -3.08. The summed E-state index contributed by atoms with van der Waals surface area (Å²) in [5.41, 5.74) is 0. The molecule has 0 aliphatic carbocycles. The molecule has 152 valence electrons. The van der Waals surface area contributed by atoms with Crippen molar-refractivity contribution in [1.82, 2.24) is 0 Å². The molecule has 0 atom stereocenters. The van der Waals surface area contributed by atoms with Crippen LogP contribution in [0.25, 0.3) is 0 Å². The van der Waals surface area contributed by atoms with Crippen LogP contribution in [0.15, 0.2) is 0 Å². The van der Waals surface area contributed by atoms with Crippen molar-refractivity contribution in [3.8, 4) is 0 Å². The second-order valence-corrected chi connectivity index (χ2v) is 11.0. The van der Waals surface area contributed by atoms with Gasteiger partial charge < -0.3 is 22.8 Å². The van der Waals surface area contributed by atoms with E-state index < -0.39 is 18.3 Å². The predicted octanol–water partition coefficient (Wildman–Crippen LogP) is 3.93. The summed E-state index contributed by atoms with van der Waals surface area (Å²) in [4.78, 5) is 0. The van der Waals surface area contributed by atoms with Crippen molar-refractivity contribution in [2.24, 2.45) is 0 Å². The second-order valence-electron chi connectivity index (χ2n) is 6.29. The molecule has 0 radical (unpaired) electrons. The van der Waals surface area contributed by atoms with Crippen molar-refractivity contribution < 1.29 is 22.8 Å². The third-order valence-electron chi connectivity index (χ3n) is 3.52. The first kappa shape index (κ1) is 25.2. The molecule has 0 aromatic heterocycles. The Bertz CT molecular complexity index is 252. The molecular weight excluding hydrogens is 352 g/mol. The molecule has 0 aromatic carbocycles. The lowest BCUT2D eigenvalue weighted by molar-refractivity contribution is -0.0904. The van der Waals surface area contributed by atoms with Gasteiger partial charge in [0, 0.05) is 39.1 Å². The summed E-state index contributed by atoms with van der Waals surface area (Å²) in [6.07, 6.45) is 5.01. The number of hydrogen-bond acceptors (Lipinski definition) is 5. The SMILES string of the molecule is CCCOC(OCCC)[SiH2]CC[Si](OCCC)(OCCC)OCCC. The van der Waals surface area contributed by atoms with Gasteiger partial charge in [0.25, 0.3) is 0 Å². The molecule has 7 heteroatoms. The van der Waals surface area contributed by atoms with Gasteiger partial charge in [-0.15, -0.1) is 0 Å². The minimum atomic E-state index is -2.56. The van der Waals surface area contributed by atoms with E-state index in [0.29, 0.717) is 19.8 Å². The highest BCUT2D eigenvalue weighted by molar-refractivity contribution is 6.62. The molecule has 5 nitrogen and oxygen atoms in total. The number of rotatable bonds is 19. The Hall–Kier alpha value is 0.234. The van der Waals surface area contributed by atoms with Crippen LogP contribution < -0.4 is 0 Å². The third kappa shape index (κ3) is 13.1. The molecule has 25 heavy (non-hydrogen) atoms. The van der Waals surface area contributed by atoms with E-state index in [-0.39, 0.29) is 5.91 Å². The topological polar surface area (TPSA) is 46.2 Å². The largest absolute Gasteiger partial charge is 0.500 e. The quantitative estimate of drug-likeness (QED) is 0.245. The normalized spacial score (nSPS) is 12.7. The van der Waals surface area contributed by atoms with Gasteiger partial charge in [0.15, 0.2) is 0 Å². The number of hydrogen-bond donors (Lipinski definition) is 0. The van der Waals surface area contributed by atoms with Crippen molar-refractivity contribution in [3.05, 3.63) is 0 Å². The van der Waals surface area contributed by atoms with E-state index in [4.69, 9.17) is 22.8 Å². The highest BCUT2D eigenvalue weighted by atomic mass is 28.4. The van der Waals surface area contributed by atoms with Gasteiger partial charge in [-0.1, -0.05) is 40.7 Å². The first-order valence-corrected chi connectivity index (χ1v) is 14.1. The molecule has 0 aliphatic heterocycles. The first-order valence-electron chi connectivity index (χ1n) is 10.3. The van der Waals surface area contributed by atoms with Crippen LogP contribution in [0.2, 0.25) is 12.1 Å². The fourth-order valence-corrected chi connectivity index (χ4v) is 8.09. The zero-order valence-electron chi connectivity index (χ0n) is 17.3. The molecule has 0 N–H and O–H groups in total. The van der Waals surface area contributed by atoms with Crippen molar-refractivity contribution in [1.29, 1.82) is 0 Å². The summed E-state index contributed by atoms with van der Waals surface area (Å²) < 4.78 is 30.3. The van der Waals surface area contributed by atoms with Crippen LogP contribution in [0, 0.1) is 0 Å².